The number of rotatable bonds is 4. The summed E-state index contributed by atoms with van der Waals surface area (Å²) in [5, 5.41) is 10.2. The maximum atomic E-state index is 12.4. The molecule has 24 heavy (non-hydrogen) atoms. The van der Waals surface area contributed by atoms with E-state index in [0.29, 0.717) is 10.6 Å². The monoisotopic (exact) mass is 345 g/mol. The summed E-state index contributed by atoms with van der Waals surface area (Å²) < 4.78 is 2.22. The topological polar surface area (TPSA) is 66.0 Å². The average molecular weight is 345 g/mol. The van der Waals surface area contributed by atoms with E-state index in [9.17, 15) is 4.79 Å². The van der Waals surface area contributed by atoms with Crippen LogP contribution in [0.15, 0.2) is 24.3 Å². The first-order valence-corrected chi connectivity index (χ1v) is 8.64. The van der Waals surface area contributed by atoms with Crippen LogP contribution in [0.3, 0.4) is 0 Å². The van der Waals surface area contributed by atoms with Crippen molar-refractivity contribution in [3.05, 3.63) is 34.6 Å². The van der Waals surface area contributed by atoms with Gasteiger partial charge < -0.3 is 10.2 Å². The maximum absolute atomic E-state index is 12.4. The van der Waals surface area contributed by atoms with E-state index < -0.39 is 0 Å². The smallest absolute Gasteiger partial charge is 0.240 e. The first kappa shape index (κ1) is 16.9. The second kappa shape index (κ2) is 7.27. The number of hydrogen-bond donors (Lipinski definition) is 2. The molecule has 1 amide bonds. The van der Waals surface area contributed by atoms with Crippen molar-refractivity contribution in [1.29, 1.82) is 0 Å². The number of piperidine rings is 1. The van der Waals surface area contributed by atoms with Crippen LogP contribution in [0.4, 0.5) is 0 Å². The van der Waals surface area contributed by atoms with Crippen LogP contribution in [-0.4, -0.2) is 51.8 Å². The van der Waals surface area contributed by atoms with Crippen molar-refractivity contribution in [2.75, 3.05) is 20.1 Å². The lowest BCUT2D eigenvalue weighted by Crippen LogP contribution is -2.44. The van der Waals surface area contributed by atoms with Gasteiger partial charge in [0, 0.05) is 11.6 Å². The van der Waals surface area contributed by atoms with Gasteiger partial charge >= 0.3 is 0 Å². The number of likely N-dealkylation sites (tertiary alicyclic amines) is 1. The van der Waals surface area contributed by atoms with Gasteiger partial charge in [-0.2, -0.15) is 5.10 Å². The molecule has 7 heteroatoms. The Kier molecular flexibility index (Phi) is 5.11. The van der Waals surface area contributed by atoms with E-state index in [1.807, 2.05) is 31.2 Å². The molecule has 2 aromatic rings. The third kappa shape index (κ3) is 3.91. The predicted molar refractivity (Wildman–Crippen MR) is 96.2 cm³/mol. The number of aromatic nitrogens is 3. The summed E-state index contributed by atoms with van der Waals surface area (Å²) in [6.45, 7) is 4.26. The average Bonchev–Trinajstić information content (AvgIpc) is 2.91. The Hall–Kier alpha value is -1.99. The molecule has 0 spiro atoms. The highest BCUT2D eigenvalue weighted by Crippen LogP contribution is 2.18. The fourth-order valence-electron chi connectivity index (χ4n) is 2.96. The summed E-state index contributed by atoms with van der Waals surface area (Å²) >= 11 is 5.30. The van der Waals surface area contributed by atoms with Crippen LogP contribution in [0.25, 0.3) is 11.4 Å². The molecule has 1 aliphatic heterocycles. The number of carbonyl (C=O) groups is 1. The van der Waals surface area contributed by atoms with Crippen molar-refractivity contribution in [1.82, 2.24) is 25.0 Å². The van der Waals surface area contributed by atoms with Gasteiger partial charge in [0.25, 0.3) is 0 Å². The Balaban J connectivity index is 1.71. The molecule has 0 aliphatic carbocycles. The largest absolute Gasteiger partial charge is 0.352 e. The van der Waals surface area contributed by atoms with Crippen LogP contribution in [-0.2, 0) is 11.3 Å². The highest BCUT2D eigenvalue weighted by atomic mass is 32.1. The van der Waals surface area contributed by atoms with Crippen LogP contribution < -0.4 is 5.32 Å². The summed E-state index contributed by atoms with van der Waals surface area (Å²) in [6, 6.07) is 8.28. The minimum absolute atomic E-state index is 0.0181. The van der Waals surface area contributed by atoms with Gasteiger partial charge in [0.05, 0.1) is 0 Å². The molecule has 1 fully saturated rings. The molecule has 0 unspecified atom stereocenters. The summed E-state index contributed by atoms with van der Waals surface area (Å²) in [6.07, 6.45) is 1.98. The zero-order valence-electron chi connectivity index (χ0n) is 14.1. The first-order valence-electron chi connectivity index (χ1n) is 8.23. The van der Waals surface area contributed by atoms with Crippen LogP contribution in [0.5, 0.6) is 0 Å². The van der Waals surface area contributed by atoms with Crippen LogP contribution in [0.2, 0.25) is 0 Å². The maximum Gasteiger partial charge on any atom is 0.240 e. The Morgan fingerprint density at radius 1 is 1.33 bits per heavy atom. The molecule has 1 aromatic carbocycles. The van der Waals surface area contributed by atoms with Gasteiger partial charge in [-0.25, -0.2) is 0 Å². The molecule has 128 valence electrons. The van der Waals surface area contributed by atoms with E-state index in [0.717, 1.165) is 31.5 Å². The molecular formula is C17H23N5OS. The Bertz CT molecular complexity index is 756. The van der Waals surface area contributed by atoms with E-state index in [1.54, 1.807) is 4.57 Å². The van der Waals surface area contributed by atoms with Crippen LogP contribution >= 0.6 is 12.2 Å². The van der Waals surface area contributed by atoms with Crippen molar-refractivity contribution in [2.45, 2.75) is 32.4 Å². The summed E-state index contributed by atoms with van der Waals surface area (Å²) in [5.74, 6) is 0.675. The molecule has 3 rings (SSSR count). The predicted octanol–water partition coefficient (Wildman–Crippen LogP) is 2.13. The lowest BCUT2D eigenvalue weighted by Gasteiger charge is -2.29. The third-order valence-electron chi connectivity index (χ3n) is 4.45. The molecule has 2 N–H and O–H groups in total. The number of aromatic amines is 1. The zero-order chi connectivity index (χ0) is 17.1. The second-order valence-electron chi connectivity index (χ2n) is 6.45. The van der Waals surface area contributed by atoms with Gasteiger partial charge in [-0.1, -0.05) is 29.8 Å². The number of H-pyrrole nitrogens is 1. The minimum atomic E-state index is -0.0181. The molecule has 1 saturated heterocycles. The van der Waals surface area contributed by atoms with E-state index >= 15 is 0 Å². The van der Waals surface area contributed by atoms with Crippen molar-refractivity contribution >= 4 is 18.1 Å². The molecular weight excluding hydrogens is 322 g/mol. The van der Waals surface area contributed by atoms with Gasteiger partial charge in [0.2, 0.25) is 5.91 Å². The lowest BCUT2D eigenvalue weighted by atomic mass is 10.1. The normalized spacial score (nSPS) is 16.2. The van der Waals surface area contributed by atoms with Gasteiger partial charge in [-0.3, -0.25) is 14.5 Å². The number of hydrogen-bond acceptors (Lipinski definition) is 4. The molecule has 0 atom stereocenters. The second-order valence-corrected chi connectivity index (χ2v) is 6.84. The van der Waals surface area contributed by atoms with Crippen molar-refractivity contribution in [3.63, 3.8) is 0 Å². The number of carbonyl (C=O) groups excluding carboxylic acids is 1. The lowest BCUT2D eigenvalue weighted by molar-refractivity contribution is -0.122. The fourth-order valence-corrected chi connectivity index (χ4v) is 3.15. The van der Waals surface area contributed by atoms with Crippen LogP contribution in [0.1, 0.15) is 18.4 Å². The third-order valence-corrected chi connectivity index (χ3v) is 4.77. The molecule has 0 bridgehead atoms. The highest BCUT2D eigenvalue weighted by molar-refractivity contribution is 7.71. The van der Waals surface area contributed by atoms with E-state index in [-0.39, 0.29) is 18.5 Å². The number of nitrogens with zero attached hydrogens (tertiary/aromatic N) is 3. The Morgan fingerprint density at radius 2 is 2.00 bits per heavy atom. The number of benzene rings is 1. The minimum Gasteiger partial charge on any atom is -0.352 e. The molecule has 6 nitrogen and oxygen atoms in total. The van der Waals surface area contributed by atoms with E-state index in [2.05, 4.69) is 27.5 Å². The highest BCUT2D eigenvalue weighted by Gasteiger charge is 2.19. The molecule has 1 aliphatic rings. The Morgan fingerprint density at radius 3 is 2.67 bits per heavy atom. The summed E-state index contributed by atoms with van der Waals surface area (Å²) in [5.41, 5.74) is 2.12. The van der Waals surface area contributed by atoms with Crippen LogP contribution in [0, 0.1) is 11.7 Å². The summed E-state index contributed by atoms with van der Waals surface area (Å²) in [4.78, 5) is 14.7. The zero-order valence-corrected chi connectivity index (χ0v) is 14.9. The SMILES string of the molecule is Cc1ccc(-c2n[nH]c(=S)n2CC(=O)NC2CCN(C)CC2)cc1. The van der Waals surface area contributed by atoms with Gasteiger partial charge in [0.15, 0.2) is 10.6 Å². The van der Waals surface area contributed by atoms with Crippen molar-refractivity contribution < 1.29 is 4.79 Å². The molecule has 2 heterocycles. The van der Waals surface area contributed by atoms with Gasteiger partial charge in [0.1, 0.15) is 6.54 Å². The molecule has 1 aromatic heterocycles. The van der Waals surface area contributed by atoms with Crippen molar-refractivity contribution in [3.8, 4) is 11.4 Å². The molecule has 0 radical (unpaired) electrons. The fraction of sp³-hybridized carbons (Fsp3) is 0.471. The number of aryl methyl sites for hydroxylation is 1. The first-order chi connectivity index (χ1) is 11.5. The van der Waals surface area contributed by atoms with Crippen molar-refractivity contribution in [2.24, 2.45) is 0 Å². The Labute approximate surface area is 146 Å². The van der Waals surface area contributed by atoms with E-state index in [4.69, 9.17) is 12.2 Å². The molecule has 0 saturated carbocycles. The van der Waals surface area contributed by atoms with E-state index in [1.165, 1.54) is 5.56 Å². The summed E-state index contributed by atoms with van der Waals surface area (Å²) in [7, 11) is 2.11. The number of amides is 1. The van der Waals surface area contributed by atoms with Gasteiger partial charge in [-0.05, 0) is 52.1 Å². The quantitative estimate of drug-likeness (QED) is 0.833. The number of nitrogens with one attached hydrogen (secondary N) is 2. The standard InChI is InChI=1S/C17H23N5OS/c1-12-3-5-13(6-4-12)16-19-20-17(24)22(16)11-15(23)18-14-7-9-21(2)10-8-14/h3-6,14H,7-11H2,1-2H3,(H,18,23)(H,20,24). The van der Waals surface area contributed by atoms with Gasteiger partial charge in [-0.15, -0.1) is 0 Å².